The van der Waals surface area contributed by atoms with Crippen LogP contribution in [0.25, 0.3) is 0 Å². The van der Waals surface area contributed by atoms with E-state index < -0.39 is 0 Å². The second kappa shape index (κ2) is 12.0. The highest BCUT2D eigenvalue weighted by atomic mass is 16.5. The maximum atomic E-state index is 6.95. The van der Waals surface area contributed by atoms with Gasteiger partial charge in [-0.25, -0.2) is 0 Å². The number of nitrogens with zero attached hydrogens (tertiary/aromatic N) is 2. The SMILES string of the molecule is COc1ccc2cc1Oc1ccc(cc1)C[C@H]1c3c(cc(OC)c(OC)c3Oc3cc4c(cc3OC)CCN=C4C2)CCN1C. The Balaban J connectivity index is 1.45. The quantitative estimate of drug-likeness (QED) is 0.248. The van der Waals surface area contributed by atoms with Crippen LogP contribution in [0.5, 0.6) is 46.0 Å². The molecule has 8 rings (SSSR count). The first-order chi connectivity index (χ1) is 22.0. The van der Waals surface area contributed by atoms with Gasteiger partial charge in [-0.3, -0.25) is 9.89 Å². The summed E-state index contributed by atoms with van der Waals surface area (Å²) in [5.74, 6) is 5.24. The van der Waals surface area contributed by atoms with Crippen molar-refractivity contribution < 1.29 is 28.4 Å². The number of ether oxygens (including phenoxy) is 6. The largest absolute Gasteiger partial charge is 0.493 e. The molecule has 0 N–H and O–H groups in total. The number of hydrogen-bond acceptors (Lipinski definition) is 8. The van der Waals surface area contributed by atoms with E-state index in [-0.39, 0.29) is 6.04 Å². The first-order valence-corrected chi connectivity index (χ1v) is 15.3. The third-order valence-corrected chi connectivity index (χ3v) is 9.13. The maximum absolute atomic E-state index is 6.95. The molecular formula is C37H38N2O6. The summed E-state index contributed by atoms with van der Waals surface area (Å²) in [7, 11) is 8.84. The van der Waals surface area contributed by atoms with E-state index in [1.54, 1.807) is 28.4 Å². The monoisotopic (exact) mass is 606 g/mol. The van der Waals surface area contributed by atoms with Crippen LogP contribution in [0.15, 0.2) is 65.7 Å². The number of aliphatic imine (C=N–C) groups is 1. The van der Waals surface area contributed by atoms with Crippen LogP contribution in [0.2, 0.25) is 0 Å². The third kappa shape index (κ3) is 5.33. The van der Waals surface area contributed by atoms with E-state index in [9.17, 15) is 0 Å². The molecule has 4 aliphatic heterocycles. The summed E-state index contributed by atoms with van der Waals surface area (Å²) in [4.78, 5) is 7.37. The minimum Gasteiger partial charge on any atom is -0.493 e. The highest BCUT2D eigenvalue weighted by molar-refractivity contribution is 6.04. The van der Waals surface area contributed by atoms with Gasteiger partial charge in [-0.1, -0.05) is 18.2 Å². The van der Waals surface area contributed by atoms with E-state index in [0.717, 1.165) is 54.0 Å². The topological polar surface area (TPSA) is 71.0 Å². The predicted octanol–water partition coefficient (Wildman–Crippen LogP) is 6.98. The van der Waals surface area contributed by atoms with Gasteiger partial charge in [0.15, 0.2) is 34.5 Å². The fraction of sp³-hybridized carbons (Fsp3) is 0.324. The van der Waals surface area contributed by atoms with Gasteiger partial charge in [0.2, 0.25) is 5.75 Å². The summed E-state index contributed by atoms with van der Waals surface area (Å²) in [6.07, 6.45) is 3.09. The molecule has 4 aromatic carbocycles. The smallest absolute Gasteiger partial charge is 0.204 e. The standard InChI is InChI=1S/C37H38N2O6/c1-39-15-13-25-20-34(42-4)36(43-5)37-35(25)29(39)17-22-6-9-26(10-7-22)44-32-18-23(8-11-30(32)40-2)16-28-27-21-33(45-37)31(41-3)19-24(27)12-14-38-28/h6-11,18-21,29H,12-17H2,1-5H3/t29-/m0/s1. The van der Waals surface area contributed by atoms with Gasteiger partial charge in [-0.2, -0.15) is 0 Å². The van der Waals surface area contributed by atoms with E-state index in [0.29, 0.717) is 53.2 Å². The Kier molecular flexibility index (Phi) is 7.75. The summed E-state index contributed by atoms with van der Waals surface area (Å²) in [6.45, 7) is 1.62. The molecule has 45 heavy (non-hydrogen) atoms. The van der Waals surface area contributed by atoms with Crippen LogP contribution >= 0.6 is 0 Å². The number of fused-ring (bicyclic) bond motifs is 2. The van der Waals surface area contributed by atoms with Gasteiger partial charge in [0.25, 0.3) is 0 Å². The van der Waals surface area contributed by atoms with Crippen LogP contribution in [-0.2, 0) is 25.7 Å². The molecule has 0 amide bonds. The third-order valence-electron chi connectivity index (χ3n) is 9.13. The second-order valence-corrected chi connectivity index (χ2v) is 11.7. The van der Waals surface area contributed by atoms with E-state index >= 15 is 0 Å². The normalized spacial score (nSPS) is 17.1. The minimum absolute atomic E-state index is 0.0340. The molecule has 0 radical (unpaired) electrons. The summed E-state index contributed by atoms with van der Waals surface area (Å²) in [6, 6.07) is 20.6. The number of benzene rings is 4. The molecule has 0 aromatic heterocycles. The second-order valence-electron chi connectivity index (χ2n) is 11.7. The highest BCUT2D eigenvalue weighted by Crippen LogP contribution is 2.51. The van der Waals surface area contributed by atoms with Gasteiger partial charge in [-0.05, 0) is 91.0 Å². The zero-order chi connectivity index (χ0) is 31.1. The van der Waals surface area contributed by atoms with Crippen LogP contribution in [0.1, 0.15) is 39.4 Å². The predicted molar refractivity (Wildman–Crippen MR) is 174 cm³/mol. The lowest BCUT2D eigenvalue weighted by Gasteiger charge is -2.37. The van der Waals surface area contributed by atoms with Gasteiger partial charge in [0.1, 0.15) is 5.75 Å². The summed E-state index contributed by atoms with van der Waals surface area (Å²) in [5.41, 5.74) is 7.75. The van der Waals surface area contributed by atoms with Gasteiger partial charge in [-0.15, -0.1) is 0 Å². The van der Waals surface area contributed by atoms with Gasteiger partial charge >= 0.3 is 0 Å². The average molecular weight is 607 g/mol. The Morgan fingerprint density at radius 1 is 0.733 bits per heavy atom. The van der Waals surface area contributed by atoms with Crippen LogP contribution < -0.4 is 28.4 Å². The lowest BCUT2D eigenvalue weighted by Crippen LogP contribution is -2.34. The molecule has 4 heterocycles. The minimum atomic E-state index is 0.0340. The van der Waals surface area contributed by atoms with Crippen LogP contribution in [-0.4, -0.2) is 59.2 Å². The Bertz CT molecular complexity index is 1780. The van der Waals surface area contributed by atoms with Crippen LogP contribution in [0.3, 0.4) is 0 Å². The molecule has 0 fully saturated rings. The van der Waals surface area contributed by atoms with Crippen molar-refractivity contribution in [2.45, 2.75) is 31.7 Å². The highest BCUT2D eigenvalue weighted by Gasteiger charge is 2.34. The van der Waals surface area contributed by atoms with E-state index in [4.69, 9.17) is 33.4 Å². The number of hydrogen-bond donors (Lipinski definition) is 0. The molecule has 8 heteroatoms. The number of rotatable bonds is 4. The summed E-state index contributed by atoms with van der Waals surface area (Å²) >= 11 is 0. The molecular weight excluding hydrogens is 568 g/mol. The molecule has 0 unspecified atom stereocenters. The Hall–Kier alpha value is -4.69. The Morgan fingerprint density at radius 3 is 2.22 bits per heavy atom. The van der Waals surface area contributed by atoms with Gasteiger partial charge < -0.3 is 28.4 Å². The van der Waals surface area contributed by atoms with Crippen molar-refractivity contribution in [3.8, 4) is 46.0 Å². The van der Waals surface area contributed by atoms with E-state index in [1.165, 1.54) is 16.7 Å². The molecule has 1 atom stereocenters. The fourth-order valence-corrected chi connectivity index (χ4v) is 6.75. The van der Waals surface area contributed by atoms with Crippen molar-refractivity contribution in [3.63, 3.8) is 0 Å². The Morgan fingerprint density at radius 2 is 1.47 bits per heavy atom. The van der Waals surface area contributed by atoms with Crippen molar-refractivity contribution >= 4 is 5.71 Å². The molecule has 0 saturated heterocycles. The fourth-order valence-electron chi connectivity index (χ4n) is 6.75. The van der Waals surface area contributed by atoms with Crippen molar-refractivity contribution in [1.29, 1.82) is 0 Å². The lowest BCUT2D eigenvalue weighted by atomic mass is 9.87. The number of methoxy groups -OCH3 is 4. The molecule has 0 spiro atoms. The molecule has 4 aromatic rings. The average Bonchev–Trinajstić information content (AvgIpc) is 3.06. The van der Waals surface area contributed by atoms with Crippen molar-refractivity contribution in [3.05, 3.63) is 94.0 Å². The van der Waals surface area contributed by atoms with E-state index in [2.05, 4.69) is 48.3 Å². The molecule has 4 aliphatic rings. The van der Waals surface area contributed by atoms with Crippen molar-refractivity contribution in [1.82, 2.24) is 4.90 Å². The van der Waals surface area contributed by atoms with Crippen LogP contribution in [0.4, 0.5) is 0 Å². The van der Waals surface area contributed by atoms with Crippen molar-refractivity contribution in [2.24, 2.45) is 4.99 Å². The van der Waals surface area contributed by atoms with Crippen LogP contribution in [0, 0.1) is 0 Å². The Labute approximate surface area is 264 Å². The van der Waals surface area contributed by atoms with Gasteiger partial charge in [0.05, 0.1) is 28.4 Å². The molecule has 0 aliphatic carbocycles. The van der Waals surface area contributed by atoms with Crippen molar-refractivity contribution in [2.75, 3.05) is 48.6 Å². The maximum Gasteiger partial charge on any atom is 0.204 e. The lowest BCUT2D eigenvalue weighted by molar-refractivity contribution is 0.221. The van der Waals surface area contributed by atoms with E-state index in [1.807, 2.05) is 24.3 Å². The molecule has 8 nitrogen and oxygen atoms in total. The first-order valence-electron chi connectivity index (χ1n) is 15.3. The summed E-state index contributed by atoms with van der Waals surface area (Å²) in [5, 5.41) is 0. The first kappa shape index (κ1) is 29.0. The summed E-state index contributed by atoms with van der Waals surface area (Å²) < 4.78 is 36.8. The zero-order valence-corrected chi connectivity index (χ0v) is 26.4. The number of likely N-dealkylation sites (N-methyl/N-ethyl adjacent to an activating group) is 1. The molecule has 6 bridgehead atoms. The molecule has 232 valence electrons. The zero-order valence-electron chi connectivity index (χ0n) is 26.4. The molecule has 0 saturated carbocycles. The van der Waals surface area contributed by atoms with Gasteiger partial charge in [0, 0.05) is 42.4 Å².